The third-order valence-electron chi connectivity index (χ3n) is 4.04. The molecule has 2 rings (SSSR count). The second kappa shape index (κ2) is 7.27. The quantitative estimate of drug-likeness (QED) is 0.609. The van der Waals surface area contributed by atoms with Crippen LogP contribution in [0.5, 0.6) is 0 Å². The van der Waals surface area contributed by atoms with E-state index >= 15 is 0 Å². The molecule has 0 amide bonds. The Kier molecular flexibility index (Phi) is 5.79. The molecule has 0 saturated heterocycles. The topological polar surface area (TPSA) is 118 Å². The van der Waals surface area contributed by atoms with Crippen molar-refractivity contribution < 1.29 is 16.8 Å². The van der Waals surface area contributed by atoms with Gasteiger partial charge in [0.15, 0.2) is 0 Å². The van der Waals surface area contributed by atoms with Gasteiger partial charge in [0.2, 0.25) is 20.0 Å². The molecule has 0 aliphatic heterocycles. The van der Waals surface area contributed by atoms with E-state index in [2.05, 4.69) is 9.44 Å². The SMILES string of the molecule is NCC1(NS(=O)(=O)CCNS(=O)(=O)c2ccccc2)CCCC1. The third kappa shape index (κ3) is 4.98. The van der Waals surface area contributed by atoms with E-state index in [-0.39, 0.29) is 23.7 Å². The van der Waals surface area contributed by atoms with Crippen LogP contribution in [-0.4, -0.2) is 41.2 Å². The Bertz CT molecular complexity index is 712. The van der Waals surface area contributed by atoms with Gasteiger partial charge in [-0.3, -0.25) is 0 Å². The number of hydrogen-bond acceptors (Lipinski definition) is 5. The Morgan fingerprint density at radius 1 is 1.04 bits per heavy atom. The van der Waals surface area contributed by atoms with Gasteiger partial charge < -0.3 is 5.73 Å². The highest BCUT2D eigenvalue weighted by Gasteiger charge is 2.36. The first kappa shape index (κ1) is 18.3. The summed E-state index contributed by atoms with van der Waals surface area (Å²) in [4.78, 5) is 0.111. The molecule has 0 unspecified atom stereocenters. The molecule has 0 bridgehead atoms. The van der Waals surface area contributed by atoms with Crippen molar-refractivity contribution in [2.45, 2.75) is 36.1 Å². The second-order valence-electron chi connectivity index (χ2n) is 5.82. The van der Waals surface area contributed by atoms with Crippen LogP contribution in [0.1, 0.15) is 25.7 Å². The fraction of sp³-hybridized carbons (Fsp3) is 0.571. The van der Waals surface area contributed by atoms with Crippen molar-refractivity contribution in [1.82, 2.24) is 9.44 Å². The Morgan fingerprint density at radius 2 is 1.65 bits per heavy atom. The maximum absolute atomic E-state index is 12.2. The van der Waals surface area contributed by atoms with Crippen molar-refractivity contribution in [2.75, 3.05) is 18.8 Å². The van der Waals surface area contributed by atoms with Crippen molar-refractivity contribution in [1.29, 1.82) is 0 Å². The number of sulfonamides is 2. The maximum atomic E-state index is 12.2. The molecular weight excluding hydrogens is 338 g/mol. The van der Waals surface area contributed by atoms with Crippen LogP contribution in [0.25, 0.3) is 0 Å². The number of nitrogens with two attached hydrogens (primary N) is 1. The van der Waals surface area contributed by atoms with E-state index in [1.54, 1.807) is 18.2 Å². The Labute approximate surface area is 137 Å². The monoisotopic (exact) mass is 361 g/mol. The van der Waals surface area contributed by atoms with Crippen LogP contribution in [0, 0.1) is 0 Å². The smallest absolute Gasteiger partial charge is 0.240 e. The maximum Gasteiger partial charge on any atom is 0.240 e. The zero-order valence-corrected chi connectivity index (χ0v) is 14.5. The van der Waals surface area contributed by atoms with E-state index in [1.807, 2.05) is 0 Å². The van der Waals surface area contributed by atoms with Gasteiger partial charge in [0.25, 0.3) is 0 Å². The van der Waals surface area contributed by atoms with Gasteiger partial charge in [-0.2, -0.15) is 0 Å². The van der Waals surface area contributed by atoms with E-state index in [1.165, 1.54) is 12.1 Å². The minimum absolute atomic E-state index is 0.111. The van der Waals surface area contributed by atoms with Gasteiger partial charge >= 0.3 is 0 Å². The molecular formula is C14H23N3O4S2. The molecule has 1 aromatic rings. The van der Waals surface area contributed by atoms with Gasteiger partial charge in [-0.1, -0.05) is 31.0 Å². The average molecular weight is 361 g/mol. The third-order valence-corrected chi connectivity index (χ3v) is 7.00. The molecule has 130 valence electrons. The minimum atomic E-state index is -3.70. The van der Waals surface area contributed by atoms with Gasteiger partial charge in [-0.25, -0.2) is 26.3 Å². The summed E-state index contributed by atoms with van der Waals surface area (Å²) in [5.74, 6) is -0.319. The van der Waals surface area contributed by atoms with Crippen LogP contribution < -0.4 is 15.2 Å². The fourth-order valence-electron chi connectivity index (χ4n) is 2.77. The molecule has 0 aromatic heterocycles. The van der Waals surface area contributed by atoms with E-state index in [4.69, 9.17) is 5.73 Å². The normalized spacial score (nSPS) is 18.1. The number of hydrogen-bond donors (Lipinski definition) is 3. The molecule has 0 heterocycles. The Hall–Kier alpha value is -1.00. The minimum Gasteiger partial charge on any atom is -0.329 e. The predicted octanol–water partition coefficient (Wildman–Crippen LogP) is 0.156. The number of nitrogens with one attached hydrogen (secondary N) is 2. The summed E-state index contributed by atoms with van der Waals surface area (Å²) in [5.41, 5.74) is 5.14. The first-order valence-electron chi connectivity index (χ1n) is 7.55. The highest BCUT2D eigenvalue weighted by Crippen LogP contribution is 2.29. The zero-order chi connectivity index (χ0) is 17.0. The molecule has 1 aliphatic rings. The van der Waals surface area contributed by atoms with Crippen molar-refractivity contribution >= 4 is 20.0 Å². The largest absolute Gasteiger partial charge is 0.329 e. The van der Waals surface area contributed by atoms with Crippen LogP contribution >= 0.6 is 0 Å². The molecule has 4 N–H and O–H groups in total. The molecule has 1 aromatic carbocycles. The van der Waals surface area contributed by atoms with Crippen molar-refractivity contribution in [3.63, 3.8) is 0 Å². The Balaban J connectivity index is 1.92. The van der Waals surface area contributed by atoms with Crippen LogP contribution in [0.3, 0.4) is 0 Å². The van der Waals surface area contributed by atoms with Crippen LogP contribution in [0.4, 0.5) is 0 Å². The molecule has 1 fully saturated rings. The summed E-state index contributed by atoms with van der Waals surface area (Å²) in [5, 5.41) is 0. The Morgan fingerprint density at radius 3 is 2.22 bits per heavy atom. The van der Waals surface area contributed by atoms with E-state index < -0.39 is 25.6 Å². The van der Waals surface area contributed by atoms with E-state index in [9.17, 15) is 16.8 Å². The molecule has 1 aliphatic carbocycles. The summed E-state index contributed by atoms with van der Waals surface area (Å²) in [6.45, 7) is 0.0647. The first-order chi connectivity index (χ1) is 10.8. The van der Waals surface area contributed by atoms with Crippen molar-refractivity contribution in [3.8, 4) is 0 Å². The van der Waals surface area contributed by atoms with Gasteiger partial charge in [0, 0.05) is 18.6 Å². The van der Waals surface area contributed by atoms with Crippen LogP contribution in [-0.2, 0) is 20.0 Å². The average Bonchev–Trinajstić information content (AvgIpc) is 2.96. The molecule has 0 atom stereocenters. The van der Waals surface area contributed by atoms with Crippen LogP contribution in [0.15, 0.2) is 35.2 Å². The summed E-state index contributed by atoms with van der Waals surface area (Å²) in [7, 11) is -7.29. The number of rotatable bonds is 8. The summed E-state index contributed by atoms with van der Waals surface area (Å²) in [6.07, 6.45) is 3.33. The molecule has 23 heavy (non-hydrogen) atoms. The summed E-state index contributed by atoms with van der Waals surface area (Å²) >= 11 is 0. The fourth-order valence-corrected chi connectivity index (χ4v) is 5.38. The molecule has 0 radical (unpaired) electrons. The van der Waals surface area contributed by atoms with Gasteiger partial charge in [-0.15, -0.1) is 0 Å². The van der Waals surface area contributed by atoms with Gasteiger partial charge in [0.1, 0.15) is 0 Å². The molecule has 0 spiro atoms. The molecule has 9 heteroatoms. The lowest BCUT2D eigenvalue weighted by molar-refractivity contribution is 0.399. The van der Waals surface area contributed by atoms with E-state index in [0.717, 1.165) is 25.7 Å². The lowest BCUT2D eigenvalue weighted by Crippen LogP contribution is -2.52. The zero-order valence-electron chi connectivity index (χ0n) is 12.9. The standard InChI is InChI=1S/C14H23N3O4S2/c15-12-14(8-4-5-9-14)17-22(18,19)11-10-16-23(20,21)13-6-2-1-3-7-13/h1-3,6-7,16-17H,4-5,8-12,15H2. The van der Waals surface area contributed by atoms with E-state index in [0.29, 0.717) is 0 Å². The lowest BCUT2D eigenvalue weighted by Gasteiger charge is -2.28. The first-order valence-corrected chi connectivity index (χ1v) is 10.7. The van der Waals surface area contributed by atoms with Crippen molar-refractivity contribution in [3.05, 3.63) is 30.3 Å². The highest BCUT2D eigenvalue weighted by atomic mass is 32.2. The van der Waals surface area contributed by atoms with Crippen molar-refractivity contribution in [2.24, 2.45) is 5.73 Å². The van der Waals surface area contributed by atoms with Crippen LogP contribution in [0.2, 0.25) is 0 Å². The van der Waals surface area contributed by atoms with Gasteiger partial charge in [-0.05, 0) is 25.0 Å². The summed E-state index contributed by atoms with van der Waals surface area (Å²) in [6, 6.07) is 7.84. The lowest BCUT2D eigenvalue weighted by atomic mass is 10.0. The molecule has 7 nitrogen and oxygen atoms in total. The van der Waals surface area contributed by atoms with Gasteiger partial charge in [0.05, 0.1) is 10.6 Å². The number of benzene rings is 1. The molecule has 1 saturated carbocycles. The highest BCUT2D eigenvalue weighted by molar-refractivity contribution is 7.90. The summed E-state index contributed by atoms with van der Waals surface area (Å²) < 4.78 is 53.4. The predicted molar refractivity (Wildman–Crippen MR) is 88.8 cm³/mol. The second-order valence-corrected chi connectivity index (χ2v) is 9.43.